The van der Waals surface area contributed by atoms with Gasteiger partial charge in [0.25, 0.3) is 0 Å². The molecule has 3 N–H and O–H groups in total. The highest BCUT2D eigenvalue weighted by molar-refractivity contribution is 14.0. The third kappa shape index (κ3) is 5.05. The summed E-state index contributed by atoms with van der Waals surface area (Å²) in [5.41, 5.74) is 6.87. The first-order valence-corrected chi connectivity index (χ1v) is 8.18. The second-order valence-corrected chi connectivity index (χ2v) is 5.89. The van der Waals surface area contributed by atoms with Crippen LogP contribution in [0.5, 0.6) is 0 Å². The van der Waals surface area contributed by atoms with Crippen molar-refractivity contribution in [1.29, 1.82) is 0 Å². The molecule has 0 aromatic carbocycles. The number of fused-ring (bicyclic) bond motifs is 1. The van der Waals surface area contributed by atoms with Gasteiger partial charge < -0.3 is 11.1 Å². The van der Waals surface area contributed by atoms with Gasteiger partial charge in [-0.2, -0.15) is 0 Å². The van der Waals surface area contributed by atoms with E-state index >= 15 is 0 Å². The van der Waals surface area contributed by atoms with Gasteiger partial charge >= 0.3 is 0 Å². The average Bonchev–Trinajstić information content (AvgIpc) is 2.76. The van der Waals surface area contributed by atoms with E-state index in [2.05, 4.69) is 20.5 Å². The van der Waals surface area contributed by atoms with Crippen LogP contribution in [0, 0.1) is 0 Å². The molecule has 3 rings (SSSR count). The minimum Gasteiger partial charge on any atom is -0.370 e. The van der Waals surface area contributed by atoms with Gasteiger partial charge in [0.2, 0.25) is 0 Å². The number of hydrogen-bond donors (Lipinski definition) is 2. The molecule has 1 aliphatic rings. The molecule has 0 unspecified atom stereocenters. The predicted octanol–water partition coefficient (Wildman–Crippen LogP) is 2.52. The molecule has 2 aromatic rings. The number of aromatic nitrogens is 3. The lowest BCUT2D eigenvalue weighted by molar-refractivity contribution is 0.530. The Labute approximate surface area is 154 Å². The molecule has 1 aliphatic carbocycles. The largest absolute Gasteiger partial charge is 0.370 e. The summed E-state index contributed by atoms with van der Waals surface area (Å²) in [6.07, 6.45) is 10.4. The van der Waals surface area contributed by atoms with Gasteiger partial charge in [0.15, 0.2) is 11.6 Å². The van der Waals surface area contributed by atoms with Crippen molar-refractivity contribution in [2.24, 2.45) is 10.7 Å². The zero-order valence-electron chi connectivity index (χ0n) is 13.3. The summed E-state index contributed by atoms with van der Waals surface area (Å²) < 4.78 is 1.99. The SMILES string of the molecule is I.NC(=NCCc1nnc2ccccn12)NC1CCCCCC1. The summed E-state index contributed by atoms with van der Waals surface area (Å²) in [5.74, 6) is 1.47. The molecule has 1 fully saturated rings. The van der Waals surface area contributed by atoms with Crippen molar-refractivity contribution in [3.05, 3.63) is 30.2 Å². The maximum absolute atomic E-state index is 6.00. The molecule has 0 radical (unpaired) electrons. The summed E-state index contributed by atoms with van der Waals surface area (Å²) in [6, 6.07) is 6.37. The Hall–Kier alpha value is -1.38. The molecule has 0 aliphatic heterocycles. The van der Waals surface area contributed by atoms with E-state index in [-0.39, 0.29) is 24.0 Å². The van der Waals surface area contributed by atoms with Crippen LogP contribution >= 0.6 is 24.0 Å². The maximum Gasteiger partial charge on any atom is 0.188 e. The van der Waals surface area contributed by atoms with Gasteiger partial charge in [-0.15, -0.1) is 34.2 Å². The van der Waals surface area contributed by atoms with Crippen LogP contribution in [0.4, 0.5) is 0 Å². The molecule has 0 bridgehead atoms. The lowest BCUT2D eigenvalue weighted by atomic mass is 10.1. The lowest BCUT2D eigenvalue weighted by Gasteiger charge is -2.16. The molecule has 6 nitrogen and oxygen atoms in total. The van der Waals surface area contributed by atoms with Crippen LogP contribution in [0.3, 0.4) is 0 Å². The Bertz CT molecular complexity index is 630. The molecular formula is C16H25IN6. The Morgan fingerprint density at radius 2 is 2.00 bits per heavy atom. The van der Waals surface area contributed by atoms with Crippen LogP contribution in [-0.2, 0) is 6.42 Å². The minimum atomic E-state index is 0. The van der Waals surface area contributed by atoms with E-state index in [9.17, 15) is 0 Å². The number of rotatable bonds is 4. The van der Waals surface area contributed by atoms with Gasteiger partial charge in [-0.1, -0.05) is 31.7 Å². The van der Waals surface area contributed by atoms with E-state index in [0.717, 1.165) is 17.9 Å². The highest BCUT2D eigenvalue weighted by Crippen LogP contribution is 2.16. The highest BCUT2D eigenvalue weighted by atomic mass is 127. The molecule has 23 heavy (non-hydrogen) atoms. The van der Waals surface area contributed by atoms with Gasteiger partial charge in [-0.05, 0) is 25.0 Å². The van der Waals surface area contributed by atoms with Gasteiger partial charge in [-0.25, -0.2) is 0 Å². The summed E-state index contributed by atoms with van der Waals surface area (Å²) in [4.78, 5) is 4.43. The highest BCUT2D eigenvalue weighted by Gasteiger charge is 2.12. The minimum absolute atomic E-state index is 0. The number of nitrogens with zero attached hydrogens (tertiary/aromatic N) is 4. The fourth-order valence-electron chi connectivity index (χ4n) is 3.02. The Kier molecular flexibility index (Phi) is 7.07. The zero-order valence-corrected chi connectivity index (χ0v) is 15.6. The van der Waals surface area contributed by atoms with Crippen LogP contribution < -0.4 is 11.1 Å². The summed E-state index contributed by atoms with van der Waals surface area (Å²) >= 11 is 0. The topological polar surface area (TPSA) is 80.6 Å². The number of nitrogens with one attached hydrogen (secondary N) is 1. The third-order valence-corrected chi connectivity index (χ3v) is 4.21. The molecule has 7 heteroatoms. The van der Waals surface area contributed by atoms with Crippen LogP contribution in [-0.4, -0.2) is 33.1 Å². The number of halogens is 1. The fourth-order valence-corrected chi connectivity index (χ4v) is 3.02. The summed E-state index contributed by atoms with van der Waals surface area (Å²) in [6.45, 7) is 0.626. The van der Waals surface area contributed by atoms with Crippen molar-refractivity contribution in [2.75, 3.05) is 6.54 Å². The smallest absolute Gasteiger partial charge is 0.188 e. The molecule has 2 aromatic heterocycles. The first kappa shape index (κ1) is 18.0. The van der Waals surface area contributed by atoms with Crippen molar-refractivity contribution in [1.82, 2.24) is 19.9 Å². The molecule has 0 saturated heterocycles. The van der Waals surface area contributed by atoms with Crippen molar-refractivity contribution >= 4 is 35.6 Å². The van der Waals surface area contributed by atoms with Crippen molar-refractivity contribution < 1.29 is 0 Å². The van der Waals surface area contributed by atoms with Crippen LogP contribution in [0.2, 0.25) is 0 Å². The quantitative estimate of drug-likeness (QED) is 0.340. The molecule has 0 spiro atoms. The molecule has 0 atom stereocenters. The van der Waals surface area contributed by atoms with E-state index in [4.69, 9.17) is 5.73 Å². The Morgan fingerprint density at radius 1 is 1.22 bits per heavy atom. The molecular weight excluding hydrogens is 403 g/mol. The lowest BCUT2D eigenvalue weighted by Crippen LogP contribution is -2.40. The normalized spacial score (nSPS) is 16.8. The average molecular weight is 428 g/mol. The monoisotopic (exact) mass is 428 g/mol. The second kappa shape index (κ2) is 9.05. The van der Waals surface area contributed by atoms with Crippen molar-refractivity contribution in [3.8, 4) is 0 Å². The van der Waals surface area contributed by atoms with Crippen LogP contribution in [0.1, 0.15) is 44.3 Å². The van der Waals surface area contributed by atoms with Gasteiger partial charge in [0.1, 0.15) is 5.82 Å². The van der Waals surface area contributed by atoms with E-state index in [1.54, 1.807) is 0 Å². The standard InChI is InChI=1S/C16H24N6.HI/c17-16(19-13-7-3-1-2-4-8-13)18-11-10-15-21-20-14-9-5-6-12-22(14)15;/h5-6,9,12-13H,1-4,7-8,10-11H2,(H3,17,18,19);1H. The van der Waals surface area contributed by atoms with Crippen LogP contribution in [0.15, 0.2) is 29.4 Å². The molecule has 2 heterocycles. The van der Waals surface area contributed by atoms with Crippen molar-refractivity contribution in [2.45, 2.75) is 51.0 Å². The number of hydrogen-bond acceptors (Lipinski definition) is 3. The van der Waals surface area contributed by atoms with Gasteiger partial charge in [0.05, 0.1) is 0 Å². The molecule has 126 valence electrons. The zero-order chi connectivity index (χ0) is 15.2. The maximum atomic E-state index is 6.00. The van der Waals surface area contributed by atoms with Crippen LogP contribution in [0.25, 0.3) is 5.65 Å². The number of nitrogens with two attached hydrogens (primary N) is 1. The first-order chi connectivity index (χ1) is 10.8. The van der Waals surface area contributed by atoms with E-state index in [1.165, 1.54) is 38.5 Å². The van der Waals surface area contributed by atoms with E-state index < -0.39 is 0 Å². The predicted molar refractivity (Wildman–Crippen MR) is 103 cm³/mol. The number of pyridine rings is 1. The first-order valence-electron chi connectivity index (χ1n) is 8.18. The van der Waals surface area contributed by atoms with E-state index in [1.807, 2.05) is 28.8 Å². The van der Waals surface area contributed by atoms with E-state index in [0.29, 0.717) is 18.5 Å². The molecule has 0 amide bonds. The Balaban J connectivity index is 0.00000192. The summed E-state index contributed by atoms with van der Waals surface area (Å²) in [5, 5.41) is 11.7. The van der Waals surface area contributed by atoms with Gasteiger partial charge in [0, 0.05) is 25.2 Å². The Morgan fingerprint density at radius 3 is 2.78 bits per heavy atom. The number of guanidine groups is 1. The molecule has 1 saturated carbocycles. The second-order valence-electron chi connectivity index (χ2n) is 5.89. The number of aliphatic imine (C=N–C) groups is 1. The van der Waals surface area contributed by atoms with Gasteiger partial charge in [-0.3, -0.25) is 9.39 Å². The van der Waals surface area contributed by atoms with Crippen molar-refractivity contribution in [3.63, 3.8) is 0 Å². The third-order valence-electron chi connectivity index (χ3n) is 4.21. The summed E-state index contributed by atoms with van der Waals surface area (Å²) in [7, 11) is 0. The fraction of sp³-hybridized carbons (Fsp3) is 0.562.